The van der Waals surface area contributed by atoms with Gasteiger partial charge in [0.05, 0.1) is 6.61 Å². The standard InChI is InChI=1S/C11H13F3N2O2/c1-2-18-10(17)8-5-9(11(12,13)14)16(15-8)6-7-3-4-7/h5,7H,2-4,6H2,1H3. The third kappa shape index (κ3) is 2.83. The van der Waals surface area contributed by atoms with Crippen LogP contribution in [0.4, 0.5) is 13.2 Å². The van der Waals surface area contributed by atoms with Crippen molar-refractivity contribution < 1.29 is 22.7 Å². The Kier molecular flexibility index (Phi) is 3.32. The molecule has 0 saturated heterocycles. The van der Waals surface area contributed by atoms with Gasteiger partial charge in [-0.25, -0.2) is 4.79 Å². The van der Waals surface area contributed by atoms with Crippen LogP contribution in [0.5, 0.6) is 0 Å². The Morgan fingerprint density at radius 1 is 1.56 bits per heavy atom. The molecule has 0 amide bonds. The van der Waals surface area contributed by atoms with Crippen LogP contribution in [0.25, 0.3) is 0 Å². The highest BCUT2D eigenvalue weighted by Crippen LogP contribution is 2.35. The Morgan fingerprint density at radius 3 is 2.72 bits per heavy atom. The molecule has 0 unspecified atom stereocenters. The average molecular weight is 262 g/mol. The summed E-state index contributed by atoms with van der Waals surface area (Å²) in [5, 5.41) is 3.70. The maximum Gasteiger partial charge on any atom is 0.433 e. The highest BCUT2D eigenvalue weighted by molar-refractivity contribution is 5.87. The number of hydrogen-bond donors (Lipinski definition) is 0. The molecule has 4 nitrogen and oxygen atoms in total. The van der Waals surface area contributed by atoms with E-state index >= 15 is 0 Å². The Bertz CT molecular complexity index is 450. The summed E-state index contributed by atoms with van der Waals surface area (Å²) in [6.07, 6.45) is -2.69. The molecule has 0 aliphatic heterocycles. The van der Waals surface area contributed by atoms with E-state index in [-0.39, 0.29) is 24.8 Å². The smallest absolute Gasteiger partial charge is 0.433 e. The molecule has 1 saturated carbocycles. The van der Waals surface area contributed by atoms with Crippen molar-refractivity contribution in [2.45, 2.75) is 32.5 Å². The SMILES string of the molecule is CCOC(=O)c1cc(C(F)(F)F)n(CC2CC2)n1. The summed E-state index contributed by atoms with van der Waals surface area (Å²) in [6, 6.07) is 0.750. The maximum atomic E-state index is 12.8. The maximum absolute atomic E-state index is 12.8. The van der Waals surface area contributed by atoms with Crippen molar-refractivity contribution >= 4 is 5.97 Å². The van der Waals surface area contributed by atoms with E-state index in [1.54, 1.807) is 6.92 Å². The summed E-state index contributed by atoms with van der Waals surface area (Å²) in [7, 11) is 0. The summed E-state index contributed by atoms with van der Waals surface area (Å²) in [6.45, 7) is 1.90. The first kappa shape index (κ1) is 12.9. The molecule has 0 atom stereocenters. The molecule has 0 aromatic carbocycles. The minimum atomic E-state index is -4.51. The lowest BCUT2D eigenvalue weighted by atomic mass is 10.3. The van der Waals surface area contributed by atoms with Crippen LogP contribution < -0.4 is 0 Å². The summed E-state index contributed by atoms with van der Waals surface area (Å²) in [4.78, 5) is 11.4. The van der Waals surface area contributed by atoms with Crippen LogP contribution in [0.3, 0.4) is 0 Å². The van der Waals surface area contributed by atoms with Crippen LogP contribution in [-0.2, 0) is 17.5 Å². The van der Waals surface area contributed by atoms with Gasteiger partial charge in [-0.1, -0.05) is 0 Å². The number of aromatic nitrogens is 2. The number of esters is 1. The number of nitrogens with zero attached hydrogens (tertiary/aromatic N) is 2. The monoisotopic (exact) mass is 262 g/mol. The largest absolute Gasteiger partial charge is 0.461 e. The molecule has 1 aromatic rings. The van der Waals surface area contributed by atoms with Gasteiger partial charge < -0.3 is 4.74 Å². The third-order valence-corrected chi connectivity index (χ3v) is 2.68. The molecule has 1 heterocycles. The molecule has 1 aliphatic rings. The Hall–Kier alpha value is -1.53. The van der Waals surface area contributed by atoms with Crippen molar-refractivity contribution in [3.8, 4) is 0 Å². The van der Waals surface area contributed by atoms with Crippen LogP contribution in [0.2, 0.25) is 0 Å². The minimum absolute atomic E-state index is 0.107. The molecule has 0 N–H and O–H groups in total. The zero-order chi connectivity index (χ0) is 13.3. The van der Waals surface area contributed by atoms with Crippen LogP contribution in [0, 0.1) is 5.92 Å². The number of ether oxygens (including phenoxy) is 1. The Morgan fingerprint density at radius 2 is 2.22 bits per heavy atom. The van der Waals surface area contributed by atoms with Crippen molar-refractivity contribution in [2.75, 3.05) is 6.61 Å². The molecule has 0 spiro atoms. The van der Waals surface area contributed by atoms with Crippen molar-refractivity contribution in [2.24, 2.45) is 5.92 Å². The molecule has 1 aromatic heterocycles. The first-order valence-corrected chi connectivity index (χ1v) is 5.74. The number of hydrogen-bond acceptors (Lipinski definition) is 3. The van der Waals surface area contributed by atoms with Crippen LogP contribution in [0.1, 0.15) is 35.9 Å². The summed E-state index contributed by atoms with van der Waals surface area (Å²) >= 11 is 0. The van der Waals surface area contributed by atoms with E-state index in [0.717, 1.165) is 23.6 Å². The van der Waals surface area contributed by atoms with Gasteiger partial charge in [0.1, 0.15) is 5.69 Å². The van der Waals surface area contributed by atoms with E-state index in [9.17, 15) is 18.0 Å². The van der Waals surface area contributed by atoms with Gasteiger partial charge in [0.25, 0.3) is 0 Å². The van der Waals surface area contributed by atoms with Gasteiger partial charge in [0.15, 0.2) is 5.69 Å². The zero-order valence-electron chi connectivity index (χ0n) is 9.83. The normalized spacial score (nSPS) is 15.8. The van der Waals surface area contributed by atoms with Gasteiger partial charge in [0.2, 0.25) is 0 Å². The quantitative estimate of drug-likeness (QED) is 0.783. The molecule has 0 radical (unpaired) electrons. The molecule has 0 bridgehead atoms. The fourth-order valence-electron chi connectivity index (χ4n) is 1.63. The van der Waals surface area contributed by atoms with Gasteiger partial charge in [-0.15, -0.1) is 0 Å². The highest BCUT2D eigenvalue weighted by atomic mass is 19.4. The van der Waals surface area contributed by atoms with E-state index in [2.05, 4.69) is 9.84 Å². The van der Waals surface area contributed by atoms with Gasteiger partial charge in [0, 0.05) is 12.6 Å². The second-order valence-corrected chi connectivity index (χ2v) is 4.26. The Labute approximate surface area is 102 Å². The number of rotatable bonds is 4. The van der Waals surface area contributed by atoms with E-state index < -0.39 is 17.8 Å². The van der Waals surface area contributed by atoms with Gasteiger partial charge in [-0.2, -0.15) is 18.3 Å². The molecule has 1 fully saturated rings. The zero-order valence-corrected chi connectivity index (χ0v) is 9.83. The predicted octanol–water partition coefficient (Wildman–Crippen LogP) is 2.49. The highest BCUT2D eigenvalue weighted by Gasteiger charge is 2.38. The third-order valence-electron chi connectivity index (χ3n) is 2.68. The molecule has 100 valence electrons. The molecular formula is C11H13F3N2O2. The van der Waals surface area contributed by atoms with E-state index in [1.807, 2.05) is 0 Å². The van der Waals surface area contributed by atoms with Crippen LogP contribution in [0.15, 0.2) is 6.07 Å². The second-order valence-electron chi connectivity index (χ2n) is 4.26. The molecule has 18 heavy (non-hydrogen) atoms. The lowest BCUT2D eigenvalue weighted by Crippen LogP contribution is -2.15. The van der Waals surface area contributed by atoms with Gasteiger partial charge >= 0.3 is 12.1 Å². The fourth-order valence-corrected chi connectivity index (χ4v) is 1.63. The van der Waals surface area contributed by atoms with Crippen molar-refractivity contribution in [1.82, 2.24) is 9.78 Å². The van der Waals surface area contributed by atoms with E-state index in [1.165, 1.54) is 0 Å². The van der Waals surface area contributed by atoms with E-state index in [4.69, 9.17) is 0 Å². The van der Waals surface area contributed by atoms with Gasteiger partial charge in [-0.3, -0.25) is 4.68 Å². The van der Waals surface area contributed by atoms with Gasteiger partial charge in [-0.05, 0) is 25.7 Å². The predicted molar refractivity (Wildman–Crippen MR) is 55.9 cm³/mol. The lowest BCUT2D eigenvalue weighted by molar-refractivity contribution is -0.144. The summed E-state index contributed by atoms with van der Waals surface area (Å²) < 4.78 is 43.8. The molecular weight excluding hydrogens is 249 g/mol. The summed E-state index contributed by atoms with van der Waals surface area (Å²) in [5.74, 6) is -0.585. The lowest BCUT2D eigenvalue weighted by Gasteiger charge is -2.08. The topological polar surface area (TPSA) is 44.1 Å². The number of carbonyl (C=O) groups is 1. The minimum Gasteiger partial charge on any atom is -0.461 e. The fraction of sp³-hybridized carbons (Fsp3) is 0.636. The van der Waals surface area contributed by atoms with Crippen molar-refractivity contribution in [3.63, 3.8) is 0 Å². The summed E-state index contributed by atoms with van der Waals surface area (Å²) in [5.41, 5.74) is -1.18. The van der Waals surface area contributed by atoms with E-state index in [0.29, 0.717) is 0 Å². The van der Waals surface area contributed by atoms with Crippen molar-refractivity contribution in [3.05, 3.63) is 17.5 Å². The molecule has 1 aliphatic carbocycles. The number of alkyl halides is 3. The van der Waals surface area contributed by atoms with Crippen LogP contribution >= 0.6 is 0 Å². The van der Waals surface area contributed by atoms with Crippen LogP contribution in [-0.4, -0.2) is 22.4 Å². The number of halogens is 3. The molecule has 7 heteroatoms. The first-order valence-electron chi connectivity index (χ1n) is 5.74. The van der Waals surface area contributed by atoms with Crippen molar-refractivity contribution in [1.29, 1.82) is 0 Å². The molecule has 2 rings (SSSR count). The second kappa shape index (κ2) is 4.62. The Balaban J connectivity index is 2.27. The number of carbonyl (C=O) groups excluding carboxylic acids is 1. The average Bonchev–Trinajstić information content (AvgIpc) is 2.94. The first-order chi connectivity index (χ1) is 8.41.